The van der Waals surface area contributed by atoms with Gasteiger partial charge in [-0.15, -0.1) is 0 Å². The van der Waals surface area contributed by atoms with Crippen LogP contribution in [-0.4, -0.2) is 311 Å². The molecule has 0 unspecified atom stereocenters. The van der Waals surface area contributed by atoms with Gasteiger partial charge < -0.3 is 105 Å². The summed E-state index contributed by atoms with van der Waals surface area (Å²) in [6.07, 6.45) is -11.8. The van der Waals surface area contributed by atoms with Crippen molar-refractivity contribution in [3.63, 3.8) is 0 Å². The average Bonchev–Trinajstić information content (AvgIpc) is 1.62. The molecule has 0 aromatic carbocycles. The number of Topliss-reactive ketones (excluding diaryl/α,β-unsaturated/α-hetero) is 9. The van der Waals surface area contributed by atoms with Gasteiger partial charge in [0.15, 0.2) is 52.4 Å². The second-order valence-electron chi connectivity index (χ2n) is 34.8. The van der Waals surface area contributed by atoms with Gasteiger partial charge in [-0.25, -0.2) is 0 Å². The van der Waals surface area contributed by atoms with Gasteiger partial charge >= 0.3 is 41.8 Å². The number of aliphatic carboxylic acids is 7. The first-order valence-corrected chi connectivity index (χ1v) is 47.7. The van der Waals surface area contributed by atoms with E-state index in [1.54, 1.807) is 27.0 Å². The van der Waals surface area contributed by atoms with Crippen LogP contribution in [0.3, 0.4) is 0 Å². The Hall–Kier alpha value is -13.2. The van der Waals surface area contributed by atoms with Crippen molar-refractivity contribution in [3.05, 3.63) is 12.2 Å². The number of ketones is 9. The lowest BCUT2D eigenvalue weighted by Crippen LogP contribution is -2.52. The molecule has 13 atom stereocenters. The fraction of sp³-hybridized carbons (Fsp3) is 0.667. The molecule has 1 fully saturated rings. The summed E-state index contributed by atoms with van der Waals surface area (Å²) in [5.74, 6) is -35.5. The number of thioether (sulfide) groups is 1. The third-order valence-corrected chi connectivity index (χ3v) is 23.7. The van der Waals surface area contributed by atoms with E-state index in [0.717, 1.165) is 17.1 Å². The molecule has 1 saturated heterocycles. The van der Waals surface area contributed by atoms with Crippen molar-refractivity contribution >= 4 is 177 Å². The van der Waals surface area contributed by atoms with Crippen LogP contribution in [0, 0.1) is 52.2 Å². The molecule has 10 amide bonds. The van der Waals surface area contributed by atoms with Gasteiger partial charge in [0.05, 0.1) is 42.8 Å². The second-order valence-corrected chi connectivity index (χ2v) is 35.7. The minimum Gasteiger partial charge on any atom is -0.481 e. The molecule has 22 N–H and O–H groups in total. The maximum Gasteiger partial charge on any atom is 0.303 e. The summed E-state index contributed by atoms with van der Waals surface area (Å²) in [5, 5.41) is 105. The number of carbonyl (C=O) groups is 26. The molecular formula is C90H135N15O34S. The van der Waals surface area contributed by atoms with Gasteiger partial charge in [0.1, 0.15) is 24.2 Å². The number of likely N-dealkylation sites (tertiary alicyclic amines) is 1. The van der Waals surface area contributed by atoms with E-state index >= 15 is 0 Å². The van der Waals surface area contributed by atoms with Crippen molar-refractivity contribution in [1.82, 2.24) is 57.7 Å². The van der Waals surface area contributed by atoms with E-state index in [1.807, 2.05) is 0 Å². The van der Waals surface area contributed by atoms with Gasteiger partial charge in [-0.1, -0.05) is 27.7 Å². The molecule has 2 aliphatic rings. The van der Waals surface area contributed by atoms with E-state index < -0.39 is 392 Å². The Morgan fingerprint density at radius 1 is 0.429 bits per heavy atom. The summed E-state index contributed by atoms with van der Waals surface area (Å²) < 4.78 is 5.61. The van der Waals surface area contributed by atoms with Crippen molar-refractivity contribution in [2.75, 3.05) is 57.9 Å². The molecule has 49 nitrogen and oxygen atoms in total. The number of carbonyl (C=O) groups excluding carboxylic acids is 19. The standard InChI is InChI=1S/C90H135N15O34S/c1-6-65(108)58(12-8-35-96-90(93)94)99-84(134)52(11-7-34-95-89(91)92)42-57(107)46-97-83(133)50(4)40-69(112)63(48-140-5)98-72(115)23-22-67(110)62(39-49(2)3)103-88(138)64-13-9-36-104(64)75(118)47-139-38-10-14-66(109)59(19-30-80(127)128)100-86(136)54(17-28-78(123)124)44-70(113)61(21-32-82(131)132)102-87(137)55(18-29-79(125)126)45-71(114)60(20-31-81(129)130)101-85(135)53(16-27-77(121)122)43-68(111)51(15-26-76(119)120)41-56(106)33-37-105-73(116)24-25-74(105)117/h24-25,49-55,58-64H,6-23,26-48H2,1-5H3,(H,97,133)(H,98,115)(H,99,134)(H,100,136)(H,101,135)(H,102,137)(H,103,138)(H,119,120)(H,121,122)(H,123,124)(H,125,126)(H,127,128)(H,129,130)(H,131,132)(H4,91,92,95)(H4,93,94,96)/t50-,51+,52+,53+,54+,55+,58-,59-,60-,61-,62+,63+,64+/m1/s1. The number of rotatable bonds is 79. The number of carboxylic acids is 7. The largest absolute Gasteiger partial charge is 0.481 e. The van der Waals surface area contributed by atoms with Crippen LogP contribution in [0.4, 0.5) is 0 Å². The second kappa shape index (κ2) is 65.6. The van der Waals surface area contributed by atoms with Gasteiger partial charge in [-0.3, -0.25) is 140 Å². The van der Waals surface area contributed by atoms with Crippen molar-refractivity contribution in [1.29, 1.82) is 10.8 Å². The Kier molecular flexibility index (Phi) is 57.6. The van der Waals surface area contributed by atoms with Crippen LogP contribution < -0.4 is 59.3 Å². The van der Waals surface area contributed by atoms with Gasteiger partial charge in [0, 0.05) is 202 Å². The van der Waals surface area contributed by atoms with Crippen LogP contribution in [0.2, 0.25) is 0 Å². The first-order valence-electron chi connectivity index (χ1n) is 46.3. The number of ether oxygens (including phenoxy) is 1. The molecular weight excluding hydrogens is 1870 g/mol. The quantitative estimate of drug-likeness (QED) is 0.0158. The van der Waals surface area contributed by atoms with Crippen LogP contribution in [0.1, 0.15) is 240 Å². The van der Waals surface area contributed by atoms with Crippen LogP contribution in [0.15, 0.2) is 12.2 Å². The summed E-state index contributed by atoms with van der Waals surface area (Å²) in [6, 6.07) is -9.85. The van der Waals surface area contributed by atoms with Gasteiger partial charge in [-0.2, -0.15) is 11.8 Å². The number of guanidine groups is 2. The molecule has 140 heavy (non-hydrogen) atoms. The van der Waals surface area contributed by atoms with Crippen LogP contribution in [-0.2, 0) is 129 Å². The van der Waals surface area contributed by atoms with Gasteiger partial charge in [-0.05, 0) is 108 Å². The number of nitrogens with one attached hydrogen (secondary N) is 11. The Balaban J connectivity index is 2.24. The number of carboxylic acid groups (broad SMARTS) is 7. The zero-order valence-electron chi connectivity index (χ0n) is 79.3. The first-order chi connectivity index (χ1) is 65.9. The Bertz CT molecular complexity index is 4460. The fourth-order valence-corrected chi connectivity index (χ4v) is 15.9. The minimum absolute atomic E-state index is 0.0593. The summed E-state index contributed by atoms with van der Waals surface area (Å²) in [4.78, 5) is 344. The Labute approximate surface area is 811 Å². The summed E-state index contributed by atoms with van der Waals surface area (Å²) in [5.41, 5.74) is 10.8. The SMILES string of the molecule is CCC(=O)[C@@H](CCCNC(=N)N)NC(=O)[C@@H](CCCNC(=N)N)CC(=O)CNC(=O)[C@H](C)CC(=O)[C@H](CSC)NC(=O)CCC(=O)[C@H](CC(C)C)NC(=O)[C@@H]1CCCN1C(=O)COCCCC(=O)[C@@H](CCC(=O)O)NC(=O)[C@@H](CCC(=O)O)CC(=O)[C@@H](CCC(=O)O)NC(=O)[C@@H](CCC(=O)O)CC(=O)[C@@H](CCC(=O)O)NC(=O)[C@@H](CCC(=O)O)CC(=O)[C@@H](CCC(=O)O)CC(=O)CCN1C(=O)C=CC1=O. The molecule has 0 bridgehead atoms. The monoisotopic (exact) mass is 2000 g/mol. The van der Waals surface area contributed by atoms with Crippen molar-refractivity contribution in [2.45, 2.75) is 282 Å². The number of amides is 10. The smallest absolute Gasteiger partial charge is 0.303 e. The maximum absolute atomic E-state index is 14.4. The van der Waals surface area contributed by atoms with Crippen LogP contribution in [0.25, 0.3) is 0 Å². The van der Waals surface area contributed by atoms with Crippen LogP contribution in [0.5, 0.6) is 0 Å². The molecule has 50 heteroatoms. The number of hydrogen-bond acceptors (Lipinski definition) is 30. The van der Waals surface area contributed by atoms with Crippen LogP contribution >= 0.6 is 11.8 Å². The zero-order valence-corrected chi connectivity index (χ0v) is 80.2. The van der Waals surface area contributed by atoms with Gasteiger partial charge in [0.2, 0.25) is 47.3 Å². The predicted octanol–water partition coefficient (Wildman–Crippen LogP) is -0.527. The van der Waals surface area contributed by atoms with E-state index in [0.29, 0.717) is 19.3 Å². The summed E-state index contributed by atoms with van der Waals surface area (Å²) in [6.45, 7) is 5.19. The zero-order chi connectivity index (χ0) is 106. The fourth-order valence-electron chi connectivity index (χ4n) is 15.3. The molecule has 2 rings (SSSR count). The Morgan fingerprint density at radius 3 is 1.28 bits per heavy atom. The van der Waals surface area contributed by atoms with E-state index in [9.17, 15) is 160 Å². The van der Waals surface area contributed by atoms with E-state index in [1.165, 1.54) is 23.6 Å². The highest BCUT2D eigenvalue weighted by molar-refractivity contribution is 7.98. The normalized spacial score (nSPS) is 15.3. The van der Waals surface area contributed by atoms with E-state index in [-0.39, 0.29) is 101 Å². The average molecular weight is 2000 g/mol. The topological polar surface area (TPSA) is 809 Å². The van der Waals surface area contributed by atoms with Crippen molar-refractivity contribution in [3.8, 4) is 0 Å². The number of nitrogens with two attached hydrogens (primary N) is 2. The number of nitrogens with zero attached hydrogens (tertiary/aromatic N) is 2. The summed E-state index contributed by atoms with van der Waals surface area (Å²) in [7, 11) is 0. The van der Waals surface area contributed by atoms with E-state index in [4.69, 9.17) is 27.0 Å². The van der Waals surface area contributed by atoms with Gasteiger partial charge in [0.25, 0.3) is 11.8 Å². The highest BCUT2D eigenvalue weighted by Crippen LogP contribution is 2.27. The number of hydrogen-bond donors (Lipinski definition) is 20. The van der Waals surface area contributed by atoms with Crippen molar-refractivity contribution in [2.24, 2.45) is 52.9 Å². The van der Waals surface area contributed by atoms with Crippen molar-refractivity contribution < 1.29 is 165 Å². The molecule has 2 aliphatic heterocycles. The molecule has 0 aromatic rings. The lowest BCUT2D eigenvalue weighted by molar-refractivity contribution is -0.142. The highest BCUT2D eigenvalue weighted by atomic mass is 32.2. The molecule has 0 radical (unpaired) electrons. The highest BCUT2D eigenvalue weighted by Gasteiger charge is 2.41. The lowest BCUT2D eigenvalue weighted by atomic mass is 9.85. The maximum atomic E-state index is 14.4. The first kappa shape index (κ1) is 123. The molecule has 780 valence electrons. The lowest BCUT2D eigenvalue weighted by Gasteiger charge is -2.27. The molecule has 0 aromatic heterocycles. The molecule has 0 spiro atoms. The van der Waals surface area contributed by atoms with E-state index in [2.05, 4.69) is 47.9 Å². The third-order valence-electron chi connectivity index (χ3n) is 23.0. The summed E-state index contributed by atoms with van der Waals surface area (Å²) >= 11 is 1.20. The minimum atomic E-state index is -1.95. The molecule has 0 saturated carbocycles. The Morgan fingerprint density at radius 2 is 0.836 bits per heavy atom. The number of imide groups is 1. The molecule has 0 aliphatic carbocycles. The predicted molar refractivity (Wildman–Crippen MR) is 493 cm³/mol. The molecule has 2 heterocycles. The third kappa shape index (κ3) is 50.4.